The van der Waals surface area contributed by atoms with E-state index in [-0.39, 0.29) is 4.99 Å². The molecule has 0 N–H and O–H groups in total. The summed E-state index contributed by atoms with van der Waals surface area (Å²) in [7, 11) is -2.57. The molecule has 2 rings (SSSR count). The number of rotatable bonds is 1. The summed E-state index contributed by atoms with van der Waals surface area (Å²) in [5.74, 6) is 0. The Morgan fingerprint density at radius 1 is 1.33 bits per heavy atom. The number of halogens is 1. The van der Waals surface area contributed by atoms with Gasteiger partial charge < -0.3 is 5.21 Å². The third-order valence-corrected chi connectivity index (χ3v) is 4.03. The van der Waals surface area contributed by atoms with Gasteiger partial charge in [-0.15, -0.1) is 0 Å². The molecule has 0 aliphatic carbocycles. The van der Waals surface area contributed by atoms with Gasteiger partial charge in [-0.3, -0.25) is 4.65 Å². The third kappa shape index (κ3) is 2.20. The van der Waals surface area contributed by atoms with E-state index in [0.29, 0.717) is 11.3 Å². The van der Waals surface area contributed by atoms with Crippen LogP contribution in [-0.2, 0) is 10.3 Å². The van der Waals surface area contributed by atoms with E-state index in [9.17, 15) is 13.6 Å². The normalized spacial score (nSPS) is 22.8. The van der Waals surface area contributed by atoms with Crippen LogP contribution in [0.15, 0.2) is 52.7 Å². The minimum Gasteiger partial charge on any atom is -0.616 e. The summed E-state index contributed by atoms with van der Waals surface area (Å²) in [4.78, 5) is -0.185. The Labute approximate surface area is 115 Å². The minimum absolute atomic E-state index is 0.185. The van der Waals surface area contributed by atoms with Crippen molar-refractivity contribution < 1.29 is 8.42 Å². The van der Waals surface area contributed by atoms with Crippen LogP contribution in [0.2, 0.25) is 0 Å². The molecule has 0 bridgehead atoms. The zero-order valence-corrected chi connectivity index (χ0v) is 11.9. The number of allylic oxidation sites excluding steroid dienone is 2. The lowest BCUT2D eigenvalue weighted by Gasteiger charge is -2.38. The van der Waals surface area contributed by atoms with E-state index < -0.39 is 14.9 Å². The van der Waals surface area contributed by atoms with Gasteiger partial charge in [0.1, 0.15) is 11.9 Å². The monoisotopic (exact) mass is 327 g/mol. The molecule has 94 valence electrons. The van der Waals surface area contributed by atoms with Crippen LogP contribution in [0, 0.1) is 5.21 Å². The van der Waals surface area contributed by atoms with E-state index in [1.807, 2.05) is 0 Å². The molecule has 6 heteroatoms. The predicted molar refractivity (Wildman–Crippen MR) is 76.1 cm³/mol. The second-order valence-corrected chi connectivity index (χ2v) is 5.64. The highest BCUT2D eigenvalue weighted by Crippen LogP contribution is 2.30. The topological polar surface area (TPSA) is 57.2 Å². The van der Waals surface area contributed by atoms with E-state index >= 15 is 0 Å². The Morgan fingerprint density at radius 2 is 2.06 bits per heavy atom. The minimum atomic E-state index is -2.57. The standard InChI is InChI=1S/C12H10BrNO3S/c1-9-4-3-7-14(15,12(9)18(16)17)11-6-2-5-10(13)8-11/h2-8H,1H3. The van der Waals surface area contributed by atoms with Crippen molar-refractivity contribution in [1.82, 2.24) is 4.65 Å². The molecule has 1 aliphatic rings. The van der Waals surface area contributed by atoms with E-state index in [0.717, 1.165) is 4.47 Å². The fraction of sp³-hybridized carbons (Fsp3) is 0.0833. The smallest absolute Gasteiger partial charge is 0.277 e. The molecule has 1 heterocycles. The molecular weight excluding hydrogens is 318 g/mol. The summed E-state index contributed by atoms with van der Waals surface area (Å²) in [6.45, 7) is 1.61. The van der Waals surface area contributed by atoms with Crippen molar-refractivity contribution in [1.29, 1.82) is 0 Å². The van der Waals surface area contributed by atoms with Gasteiger partial charge in [-0.2, -0.15) is 8.42 Å². The number of hydrogen-bond donors (Lipinski definition) is 0. The highest BCUT2D eigenvalue weighted by atomic mass is 79.9. The van der Waals surface area contributed by atoms with E-state index in [2.05, 4.69) is 15.9 Å². The van der Waals surface area contributed by atoms with Crippen LogP contribution in [0.5, 0.6) is 0 Å². The van der Waals surface area contributed by atoms with Crippen molar-refractivity contribution in [3.05, 3.63) is 57.9 Å². The molecule has 1 aromatic rings. The van der Waals surface area contributed by atoms with E-state index in [4.69, 9.17) is 0 Å². The lowest BCUT2D eigenvalue weighted by molar-refractivity contribution is 0.623. The summed E-state index contributed by atoms with van der Waals surface area (Å²) >= 11 is 3.27. The van der Waals surface area contributed by atoms with Gasteiger partial charge in [0.05, 0.1) is 0 Å². The Balaban J connectivity index is 2.72. The summed E-state index contributed by atoms with van der Waals surface area (Å²) in [5, 5.41) is 12.8. The van der Waals surface area contributed by atoms with Crippen molar-refractivity contribution in [2.24, 2.45) is 0 Å². The largest absolute Gasteiger partial charge is 0.616 e. The number of benzene rings is 1. The average molecular weight is 328 g/mol. The molecule has 1 aliphatic heterocycles. The molecule has 1 unspecified atom stereocenters. The first-order valence-corrected chi connectivity index (χ1v) is 7.01. The van der Waals surface area contributed by atoms with Gasteiger partial charge in [-0.05, 0) is 25.1 Å². The van der Waals surface area contributed by atoms with Crippen LogP contribution < -0.4 is 4.65 Å². The van der Waals surface area contributed by atoms with E-state index in [1.54, 1.807) is 43.3 Å². The summed E-state index contributed by atoms with van der Waals surface area (Å²) < 4.78 is 22.2. The van der Waals surface area contributed by atoms with Gasteiger partial charge in [0.25, 0.3) is 15.3 Å². The van der Waals surface area contributed by atoms with Crippen LogP contribution in [0.25, 0.3) is 0 Å². The number of nitrogens with zero attached hydrogens (tertiary/aromatic N) is 1. The molecule has 0 spiro atoms. The molecule has 18 heavy (non-hydrogen) atoms. The van der Waals surface area contributed by atoms with Crippen molar-refractivity contribution >= 4 is 36.9 Å². The van der Waals surface area contributed by atoms with Gasteiger partial charge in [-0.1, -0.05) is 22.0 Å². The third-order valence-electron chi connectivity index (χ3n) is 2.63. The van der Waals surface area contributed by atoms with Crippen LogP contribution in [0.4, 0.5) is 5.69 Å². The van der Waals surface area contributed by atoms with Crippen molar-refractivity contribution in [2.45, 2.75) is 6.92 Å². The number of quaternary nitrogens is 1. The molecule has 0 fully saturated rings. The van der Waals surface area contributed by atoms with Crippen molar-refractivity contribution in [2.75, 3.05) is 0 Å². The summed E-state index contributed by atoms with van der Waals surface area (Å²) in [5.41, 5.74) is 0.785. The first-order valence-electron chi connectivity index (χ1n) is 5.14. The zero-order chi connectivity index (χ0) is 13.3. The Bertz CT molecular complexity index is 683. The molecule has 1 aromatic carbocycles. The second kappa shape index (κ2) is 4.81. The van der Waals surface area contributed by atoms with Gasteiger partial charge >= 0.3 is 0 Å². The van der Waals surface area contributed by atoms with Gasteiger partial charge in [0, 0.05) is 22.2 Å². The lowest BCUT2D eigenvalue weighted by Crippen LogP contribution is -2.46. The van der Waals surface area contributed by atoms with Gasteiger partial charge in [0.15, 0.2) is 0 Å². The van der Waals surface area contributed by atoms with Crippen LogP contribution in [-0.4, -0.2) is 13.4 Å². The fourth-order valence-corrected chi connectivity index (χ4v) is 2.94. The molecule has 0 saturated heterocycles. The molecule has 0 amide bonds. The number of hydroxylamine groups is 2. The average Bonchev–Trinajstić information content (AvgIpc) is 2.28. The molecular formula is C12H10BrNO3S. The molecule has 1 atom stereocenters. The zero-order valence-electron chi connectivity index (χ0n) is 9.50. The van der Waals surface area contributed by atoms with Crippen LogP contribution in [0.3, 0.4) is 0 Å². The van der Waals surface area contributed by atoms with Gasteiger partial charge in [0.2, 0.25) is 0 Å². The van der Waals surface area contributed by atoms with Crippen molar-refractivity contribution in [3.63, 3.8) is 0 Å². The summed E-state index contributed by atoms with van der Waals surface area (Å²) in [6, 6.07) is 6.69. The Kier molecular flexibility index (Phi) is 3.54. The van der Waals surface area contributed by atoms with Crippen molar-refractivity contribution in [3.8, 4) is 0 Å². The number of hydrogen-bond acceptors (Lipinski definition) is 3. The predicted octanol–water partition coefficient (Wildman–Crippen LogP) is 2.74. The highest BCUT2D eigenvalue weighted by Gasteiger charge is 2.31. The molecule has 4 nitrogen and oxygen atoms in total. The SMILES string of the molecule is CC1=CC=C[N+]([O-])(c2cccc(Br)c2)C1=S(=O)=O. The van der Waals surface area contributed by atoms with E-state index in [1.165, 1.54) is 6.20 Å². The molecule has 0 aromatic heterocycles. The first-order chi connectivity index (χ1) is 8.45. The maximum Gasteiger partial charge on any atom is 0.277 e. The van der Waals surface area contributed by atoms with Gasteiger partial charge in [-0.25, -0.2) is 0 Å². The van der Waals surface area contributed by atoms with Crippen LogP contribution >= 0.6 is 15.9 Å². The Morgan fingerprint density at radius 3 is 2.67 bits per heavy atom. The maximum atomic E-state index is 12.8. The Hall–Kier alpha value is -1.21. The summed E-state index contributed by atoms with van der Waals surface area (Å²) in [6.07, 6.45) is 4.48. The van der Waals surface area contributed by atoms with Crippen LogP contribution in [0.1, 0.15) is 6.92 Å². The first kappa shape index (κ1) is 13.2. The fourth-order valence-electron chi connectivity index (χ4n) is 1.84. The second-order valence-electron chi connectivity index (χ2n) is 3.87. The lowest BCUT2D eigenvalue weighted by atomic mass is 10.2. The highest BCUT2D eigenvalue weighted by molar-refractivity contribution is 9.10. The quantitative estimate of drug-likeness (QED) is 0.452. The molecule has 0 radical (unpaired) electrons. The maximum absolute atomic E-state index is 12.8. The molecule has 0 saturated carbocycles.